The van der Waals surface area contributed by atoms with E-state index in [-0.39, 0.29) is 22.8 Å². The highest BCUT2D eigenvalue weighted by molar-refractivity contribution is 8.18. The van der Waals surface area contributed by atoms with Crippen molar-refractivity contribution in [2.75, 3.05) is 13.7 Å². The third kappa shape index (κ3) is 5.04. The van der Waals surface area contributed by atoms with Crippen LogP contribution < -0.4 is 9.47 Å². The molecule has 1 saturated heterocycles. The van der Waals surface area contributed by atoms with Gasteiger partial charge in [0.25, 0.3) is 11.1 Å². The number of hydrogen-bond donors (Lipinski definition) is 2. The van der Waals surface area contributed by atoms with Crippen LogP contribution in [0.1, 0.15) is 21.5 Å². The van der Waals surface area contributed by atoms with E-state index in [0.29, 0.717) is 33.5 Å². The fourth-order valence-electron chi connectivity index (χ4n) is 2.82. The number of carbonyl (C=O) groups excluding carboxylic acids is 2. The Morgan fingerprint density at radius 3 is 2.55 bits per heavy atom. The van der Waals surface area contributed by atoms with Gasteiger partial charge in [-0.05, 0) is 41.6 Å². The second-order valence-corrected chi connectivity index (χ2v) is 7.33. The number of thioether (sulfide) groups is 1. The molecule has 1 aliphatic rings. The monoisotopic (exact) mass is 443 g/mol. The summed E-state index contributed by atoms with van der Waals surface area (Å²) < 4.78 is 11.2. The van der Waals surface area contributed by atoms with Gasteiger partial charge in [0.2, 0.25) is 0 Å². The van der Waals surface area contributed by atoms with E-state index in [2.05, 4.69) is 0 Å². The minimum Gasteiger partial charge on any atom is -0.493 e. The Bertz CT molecular complexity index is 1090. The number of ether oxygens (including phenoxy) is 2. The van der Waals surface area contributed by atoms with Gasteiger partial charge in [0.1, 0.15) is 13.2 Å². The molecule has 0 spiro atoms. The number of carboxylic acids is 2. The van der Waals surface area contributed by atoms with Crippen LogP contribution in [0.15, 0.2) is 47.4 Å². The summed E-state index contributed by atoms with van der Waals surface area (Å²) in [5.74, 6) is -2.40. The lowest BCUT2D eigenvalue weighted by molar-refractivity contribution is -0.140. The first kappa shape index (κ1) is 21.9. The number of amides is 2. The van der Waals surface area contributed by atoms with E-state index in [4.69, 9.17) is 19.7 Å². The van der Waals surface area contributed by atoms with Gasteiger partial charge in [-0.2, -0.15) is 0 Å². The second-order valence-electron chi connectivity index (χ2n) is 6.33. The Labute approximate surface area is 180 Å². The molecule has 0 saturated carbocycles. The Balaban J connectivity index is 1.89. The number of carboxylic acid groups (broad SMARTS) is 2. The van der Waals surface area contributed by atoms with Crippen LogP contribution in [0.5, 0.6) is 11.5 Å². The predicted octanol–water partition coefficient (Wildman–Crippen LogP) is 3.09. The maximum atomic E-state index is 12.4. The Morgan fingerprint density at radius 2 is 1.87 bits per heavy atom. The van der Waals surface area contributed by atoms with Crippen molar-refractivity contribution in [3.63, 3.8) is 0 Å². The van der Waals surface area contributed by atoms with Crippen molar-refractivity contribution in [1.82, 2.24) is 4.90 Å². The SMILES string of the molecule is COc1cccc(/C=C2/SC(=O)N(CC(=O)O)C2=O)c1OCc1cccc(C(=O)O)c1. The summed E-state index contributed by atoms with van der Waals surface area (Å²) in [7, 11) is 1.44. The second kappa shape index (κ2) is 9.35. The molecule has 2 amide bonds. The molecule has 2 N–H and O–H groups in total. The summed E-state index contributed by atoms with van der Waals surface area (Å²) in [6.07, 6.45) is 1.43. The van der Waals surface area contributed by atoms with Gasteiger partial charge in [-0.25, -0.2) is 4.79 Å². The molecular weight excluding hydrogens is 426 g/mol. The topological polar surface area (TPSA) is 130 Å². The third-order valence-electron chi connectivity index (χ3n) is 4.24. The average Bonchev–Trinajstić information content (AvgIpc) is 2.99. The van der Waals surface area contributed by atoms with Crippen LogP contribution in [0.2, 0.25) is 0 Å². The number of nitrogens with zero attached hydrogens (tertiary/aromatic N) is 1. The summed E-state index contributed by atoms with van der Waals surface area (Å²) in [4.78, 5) is 47.2. The van der Waals surface area contributed by atoms with Gasteiger partial charge in [0.15, 0.2) is 11.5 Å². The van der Waals surface area contributed by atoms with Crippen molar-refractivity contribution in [2.45, 2.75) is 6.61 Å². The van der Waals surface area contributed by atoms with Gasteiger partial charge >= 0.3 is 11.9 Å². The van der Waals surface area contributed by atoms with Crippen molar-refractivity contribution >= 4 is 40.9 Å². The van der Waals surface area contributed by atoms with Crippen LogP contribution in [0, 0.1) is 0 Å². The number of methoxy groups -OCH3 is 1. The lowest BCUT2D eigenvalue weighted by atomic mass is 10.1. The lowest BCUT2D eigenvalue weighted by Gasteiger charge is -2.14. The summed E-state index contributed by atoms with van der Waals surface area (Å²) in [5, 5.41) is 17.3. The number of hydrogen-bond acceptors (Lipinski definition) is 7. The molecule has 0 bridgehead atoms. The first-order chi connectivity index (χ1) is 14.8. The zero-order valence-electron chi connectivity index (χ0n) is 16.2. The summed E-state index contributed by atoms with van der Waals surface area (Å²) in [6, 6.07) is 11.2. The van der Waals surface area contributed by atoms with Crippen molar-refractivity contribution in [3.05, 3.63) is 64.1 Å². The van der Waals surface area contributed by atoms with E-state index in [1.165, 1.54) is 25.3 Å². The van der Waals surface area contributed by atoms with E-state index in [1.807, 2.05) is 0 Å². The maximum Gasteiger partial charge on any atom is 0.335 e. The van der Waals surface area contributed by atoms with Crippen LogP contribution in [0.3, 0.4) is 0 Å². The molecule has 0 unspecified atom stereocenters. The molecule has 10 heteroatoms. The van der Waals surface area contributed by atoms with Crippen LogP contribution in [0.4, 0.5) is 4.79 Å². The molecular formula is C21H17NO8S. The van der Waals surface area contributed by atoms with Crippen molar-refractivity contribution in [2.24, 2.45) is 0 Å². The number of para-hydroxylation sites is 1. The lowest BCUT2D eigenvalue weighted by Crippen LogP contribution is -2.33. The van der Waals surface area contributed by atoms with Crippen molar-refractivity contribution in [1.29, 1.82) is 0 Å². The van der Waals surface area contributed by atoms with Crippen LogP contribution in [0.25, 0.3) is 6.08 Å². The molecule has 0 aromatic heterocycles. The van der Waals surface area contributed by atoms with Gasteiger partial charge in [0, 0.05) is 5.56 Å². The van der Waals surface area contributed by atoms with Gasteiger partial charge in [0.05, 0.1) is 17.6 Å². The average molecular weight is 443 g/mol. The summed E-state index contributed by atoms with van der Waals surface area (Å²) >= 11 is 0.634. The molecule has 3 rings (SSSR count). The third-order valence-corrected chi connectivity index (χ3v) is 5.15. The molecule has 1 heterocycles. The standard InChI is InChI=1S/C21H17NO8S/c1-29-15-7-3-5-13(9-16-19(25)22(10-17(23)24)21(28)31-16)18(15)30-11-12-4-2-6-14(8-12)20(26)27/h2-9H,10-11H2,1H3,(H,23,24)(H,26,27)/b16-9+. The maximum absolute atomic E-state index is 12.4. The number of carbonyl (C=O) groups is 4. The van der Waals surface area contributed by atoms with E-state index >= 15 is 0 Å². The minimum atomic E-state index is -1.29. The van der Waals surface area contributed by atoms with E-state index in [9.17, 15) is 19.2 Å². The Hall–Kier alpha value is -3.79. The fraction of sp³-hybridized carbons (Fsp3) is 0.143. The van der Waals surface area contributed by atoms with Crippen LogP contribution >= 0.6 is 11.8 Å². The van der Waals surface area contributed by atoms with Gasteiger partial charge < -0.3 is 19.7 Å². The highest BCUT2D eigenvalue weighted by Gasteiger charge is 2.36. The number of aliphatic carboxylic acids is 1. The van der Waals surface area contributed by atoms with Gasteiger partial charge in [-0.1, -0.05) is 24.3 Å². The molecule has 2 aromatic rings. The molecule has 2 aromatic carbocycles. The molecule has 9 nitrogen and oxygen atoms in total. The number of rotatable bonds is 8. The van der Waals surface area contributed by atoms with E-state index in [1.54, 1.807) is 30.3 Å². The smallest absolute Gasteiger partial charge is 0.335 e. The largest absolute Gasteiger partial charge is 0.493 e. The molecule has 1 aliphatic heterocycles. The number of aromatic carboxylic acids is 1. The first-order valence-electron chi connectivity index (χ1n) is 8.89. The summed E-state index contributed by atoms with van der Waals surface area (Å²) in [6.45, 7) is -0.688. The molecule has 0 atom stereocenters. The molecule has 0 radical (unpaired) electrons. The summed E-state index contributed by atoms with van der Waals surface area (Å²) in [5.41, 5.74) is 1.17. The Kier molecular flexibility index (Phi) is 6.61. The van der Waals surface area contributed by atoms with Gasteiger partial charge in [-0.3, -0.25) is 19.3 Å². The minimum absolute atomic E-state index is 0.0306. The van der Waals surface area contributed by atoms with Gasteiger partial charge in [-0.15, -0.1) is 0 Å². The predicted molar refractivity (Wildman–Crippen MR) is 111 cm³/mol. The van der Waals surface area contributed by atoms with Crippen molar-refractivity contribution < 1.29 is 38.9 Å². The number of benzene rings is 2. The van der Waals surface area contributed by atoms with Crippen LogP contribution in [-0.4, -0.2) is 51.9 Å². The fourth-order valence-corrected chi connectivity index (χ4v) is 3.65. The quantitative estimate of drug-likeness (QED) is 0.591. The first-order valence-corrected chi connectivity index (χ1v) is 9.71. The normalized spacial score (nSPS) is 14.7. The molecule has 0 aliphatic carbocycles. The zero-order chi connectivity index (χ0) is 22.5. The molecule has 1 fully saturated rings. The molecule has 31 heavy (non-hydrogen) atoms. The van der Waals surface area contributed by atoms with Crippen LogP contribution in [-0.2, 0) is 16.2 Å². The number of imide groups is 1. The van der Waals surface area contributed by atoms with E-state index < -0.39 is 29.6 Å². The van der Waals surface area contributed by atoms with Crippen molar-refractivity contribution in [3.8, 4) is 11.5 Å². The zero-order valence-corrected chi connectivity index (χ0v) is 17.0. The Morgan fingerprint density at radius 1 is 1.13 bits per heavy atom. The molecule has 160 valence electrons. The highest BCUT2D eigenvalue weighted by Crippen LogP contribution is 2.37. The highest BCUT2D eigenvalue weighted by atomic mass is 32.2. The van der Waals surface area contributed by atoms with E-state index in [0.717, 1.165) is 0 Å².